The maximum absolute atomic E-state index is 6.32. The van der Waals surface area contributed by atoms with Crippen LogP contribution in [0.15, 0.2) is 6.07 Å². The van der Waals surface area contributed by atoms with Gasteiger partial charge >= 0.3 is 0 Å². The number of hydrogen-bond donors (Lipinski definition) is 0. The second-order valence-corrected chi connectivity index (χ2v) is 5.78. The summed E-state index contributed by atoms with van der Waals surface area (Å²) < 4.78 is 8.42. The van der Waals surface area contributed by atoms with E-state index in [4.69, 9.17) is 4.74 Å². The third-order valence-corrected chi connectivity index (χ3v) is 4.33. The van der Waals surface area contributed by atoms with Gasteiger partial charge in [-0.25, -0.2) is 0 Å². The first kappa shape index (κ1) is 11.3. The molecule has 1 aliphatic heterocycles. The van der Waals surface area contributed by atoms with Gasteiger partial charge in [-0.2, -0.15) is 5.10 Å². The molecule has 1 spiro atoms. The van der Waals surface area contributed by atoms with Gasteiger partial charge in [0, 0.05) is 5.69 Å². The van der Waals surface area contributed by atoms with E-state index < -0.39 is 0 Å². The Morgan fingerprint density at radius 3 is 2.76 bits per heavy atom. The number of nitrogens with zero attached hydrogens (tertiary/aromatic N) is 2. The summed E-state index contributed by atoms with van der Waals surface area (Å²) in [5, 5.41) is 4.53. The largest absolute Gasteiger partial charge is 0.370 e. The van der Waals surface area contributed by atoms with Gasteiger partial charge in [-0.05, 0) is 45.6 Å². The second-order valence-electron chi connectivity index (χ2n) is 5.78. The summed E-state index contributed by atoms with van der Waals surface area (Å²) >= 11 is 0. The van der Waals surface area contributed by atoms with Crippen LogP contribution < -0.4 is 0 Å². The number of rotatable bonds is 2. The Balaban J connectivity index is 1.65. The lowest BCUT2D eigenvalue weighted by Crippen LogP contribution is -2.27. The third kappa shape index (κ3) is 2.13. The molecule has 1 saturated carbocycles. The average Bonchev–Trinajstić information content (AvgIpc) is 2.95. The number of hydrogen-bond acceptors (Lipinski definition) is 2. The molecule has 1 atom stereocenters. The summed E-state index contributed by atoms with van der Waals surface area (Å²) in [5.74, 6) is 0. The van der Waals surface area contributed by atoms with E-state index in [9.17, 15) is 0 Å². The van der Waals surface area contributed by atoms with E-state index in [-0.39, 0.29) is 5.60 Å². The minimum atomic E-state index is 0.251. The molecule has 3 heteroatoms. The minimum absolute atomic E-state index is 0.251. The maximum atomic E-state index is 6.32. The fourth-order valence-electron chi connectivity index (χ4n) is 3.46. The smallest absolute Gasteiger partial charge is 0.0779 e. The summed E-state index contributed by atoms with van der Waals surface area (Å²) in [7, 11) is 0. The van der Waals surface area contributed by atoms with E-state index in [0.29, 0.717) is 6.10 Å². The Morgan fingerprint density at radius 1 is 1.35 bits per heavy atom. The van der Waals surface area contributed by atoms with Crippen molar-refractivity contribution in [2.24, 2.45) is 0 Å². The predicted molar refractivity (Wildman–Crippen MR) is 67.0 cm³/mol. The molecule has 0 radical (unpaired) electrons. The molecule has 3 rings (SSSR count). The van der Waals surface area contributed by atoms with E-state index in [1.165, 1.54) is 44.2 Å². The molecule has 1 saturated heterocycles. The van der Waals surface area contributed by atoms with Gasteiger partial charge in [-0.3, -0.25) is 4.68 Å². The fraction of sp³-hybridized carbons (Fsp3) is 0.786. The van der Waals surface area contributed by atoms with E-state index >= 15 is 0 Å². The summed E-state index contributed by atoms with van der Waals surface area (Å²) in [6.07, 6.45) is 8.11. The Labute approximate surface area is 103 Å². The van der Waals surface area contributed by atoms with Crippen LogP contribution in [0.3, 0.4) is 0 Å². The highest BCUT2D eigenvalue weighted by molar-refractivity contribution is 5.07. The molecule has 1 unspecified atom stereocenters. The van der Waals surface area contributed by atoms with Crippen LogP contribution in [-0.4, -0.2) is 21.5 Å². The molecule has 94 valence electrons. The molecule has 0 N–H and O–H groups in total. The highest BCUT2D eigenvalue weighted by atomic mass is 16.5. The molecule has 0 amide bonds. The van der Waals surface area contributed by atoms with Gasteiger partial charge < -0.3 is 4.74 Å². The SMILES string of the molecule is Cc1cc(C)n(CC2CCC3(CCCC3)O2)n1. The van der Waals surface area contributed by atoms with Gasteiger partial charge in [0.2, 0.25) is 0 Å². The normalized spacial score (nSPS) is 27.1. The zero-order valence-electron chi connectivity index (χ0n) is 10.9. The van der Waals surface area contributed by atoms with E-state index in [1.807, 2.05) is 0 Å². The molecule has 0 aromatic carbocycles. The Bertz CT molecular complexity index is 404. The van der Waals surface area contributed by atoms with Gasteiger partial charge in [0.15, 0.2) is 0 Å². The van der Waals surface area contributed by atoms with Crippen molar-refractivity contribution in [3.8, 4) is 0 Å². The first-order valence-corrected chi connectivity index (χ1v) is 6.86. The molecule has 0 bridgehead atoms. The van der Waals surface area contributed by atoms with Gasteiger partial charge in [0.1, 0.15) is 0 Å². The first-order chi connectivity index (χ1) is 8.17. The molecule has 1 aromatic rings. The van der Waals surface area contributed by atoms with E-state index in [0.717, 1.165) is 12.2 Å². The number of aryl methyl sites for hydroxylation is 2. The Kier molecular flexibility index (Phi) is 2.74. The van der Waals surface area contributed by atoms with Crippen molar-refractivity contribution < 1.29 is 4.74 Å². The van der Waals surface area contributed by atoms with Crippen LogP contribution in [0, 0.1) is 13.8 Å². The van der Waals surface area contributed by atoms with Gasteiger partial charge in [-0.15, -0.1) is 0 Å². The van der Waals surface area contributed by atoms with E-state index in [2.05, 4.69) is 29.7 Å². The molecule has 3 nitrogen and oxygen atoms in total. The van der Waals surface area contributed by atoms with Crippen molar-refractivity contribution in [2.45, 2.75) is 70.6 Å². The summed E-state index contributed by atoms with van der Waals surface area (Å²) in [4.78, 5) is 0. The predicted octanol–water partition coefficient (Wildman–Crippen LogP) is 2.99. The Hall–Kier alpha value is -0.830. The van der Waals surface area contributed by atoms with Crippen LogP contribution in [0.25, 0.3) is 0 Å². The van der Waals surface area contributed by atoms with Gasteiger partial charge in [0.05, 0.1) is 23.9 Å². The zero-order chi connectivity index (χ0) is 11.9. The molecule has 2 fully saturated rings. The molecular weight excluding hydrogens is 212 g/mol. The third-order valence-electron chi connectivity index (χ3n) is 4.33. The fourth-order valence-corrected chi connectivity index (χ4v) is 3.46. The Morgan fingerprint density at radius 2 is 2.12 bits per heavy atom. The van der Waals surface area contributed by atoms with Crippen molar-refractivity contribution in [2.75, 3.05) is 0 Å². The standard InChI is InChI=1S/C14H22N2O/c1-11-9-12(2)16(15-11)10-13-5-8-14(17-13)6-3-4-7-14/h9,13H,3-8,10H2,1-2H3. The summed E-state index contributed by atoms with van der Waals surface area (Å²) in [5.41, 5.74) is 2.61. The summed E-state index contributed by atoms with van der Waals surface area (Å²) in [6.45, 7) is 5.11. The van der Waals surface area contributed by atoms with Gasteiger partial charge in [0.25, 0.3) is 0 Å². The molecule has 1 aliphatic carbocycles. The molecule has 1 aromatic heterocycles. The number of aromatic nitrogens is 2. The highest BCUT2D eigenvalue weighted by Gasteiger charge is 2.42. The molecule has 17 heavy (non-hydrogen) atoms. The lowest BCUT2D eigenvalue weighted by atomic mass is 9.98. The molecule has 2 heterocycles. The topological polar surface area (TPSA) is 27.1 Å². The van der Waals surface area contributed by atoms with Crippen LogP contribution in [-0.2, 0) is 11.3 Å². The zero-order valence-corrected chi connectivity index (χ0v) is 10.9. The lowest BCUT2D eigenvalue weighted by Gasteiger charge is -2.23. The quantitative estimate of drug-likeness (QED) is 0.786. The van der Waals surface area contributed by atoms with Crippen LogP contribution in [0.1, 0.15) is 49.9 Å². The average molecular weight is 234 g/mol. The van der Waals surface area contributed by atoms with Crippen LogP contribution in [0.4, 0.5) is 0 Å². The molecular formula is C14H22N2O. The van der Waals surface area contributed by atoms with Crippen LogP contribution in [0.5, 0.6) is 0 Å². The van der Waals surface area contributed by atoms with Gasteiger partial charge in [-0.1, -0.05) is 12.8 Å². The second kappa shape index (κ2) is 4.13. The van der Waals surface area contributed by atoms with Crippen molar-refractivity contribution in [1.82, 2.24) is 9.78 Å². The maximum Gasteiger partial charge on any atom is 0.0779 e. The van der Waals surface area contributed by atoms with Crippen molar-refractivity contribution in [1.29, 1.82) is 0 Å². The van der Waals surface area contributed by atoms with Crippen molar-refractivity contribution in [3.63, 3.8) is 0 Å². The highest BCUT2D eigenvalue weighted by Crippen LogP contribution is 2.43. The molecule has 2 aliphatic rings. The van der Waals surface area contributed by atoms with E-state index in [1.54, 1.807) is 0 Å². The summed E-state index contributed by atoms with van der Waals surface area (Å²) in [6, 6.07) is 2.14. The van der Waals surface area contributed by atoms with Crippen molar-refractivity contribution >= 4 is 0 Å². The van der Waals surface area contributed by atoms with Crippen LogP contribution in [0.2, 0.25) is 0 Å². The lowest BCUT2D eigenvalue weighted by molar-refractivity contribution is -0.0431. The monoisotopic (exact) mass is 234 g/mol. The van der Waals surface area contributed by atoms with Crippen molar-refractivity contribution in [3.05, 3.63) is 17.5 Å². The minimum Gasteiger partial charge on any atom is -0.370 e. The number of ether oxygens (including phenoxy) is 1. The first-order valence-electron chi connectivity index (χ1n) is 6.86. The van der Waals surface area contributed by atoms with Crippen LogP contribution >= 0.6 is 0 Å².